The molecule has 0 spiro atoms. The SMILES string of the molecule is Br.O=C(CN(C1=NCCS1)c1ccccc1)c1ccc(Cl)cc1.OC1(c2ccc(Cl)cc2)CN(c2ccccc2)C2=[N+]1CCS2.[Br-]. The van der Waals surface area contributed by atoms with Crippen LogP contribution < -0.4 is 26.8 Å². The highest BCUT2D eigenvalue weighted by Crippen LogP contribution is 2.38. The van der Waals surface area contributed by atoms with Gasteiger partial charge in [-0.25, -0.2) is 9.48 Å². The minimum atomic E-state index is -1.00. The summed E-state index contributed by atoms with van der Waals surface area (Å²) in [5, 5.41) is 14.7. The van der Waals surface area contributed by atoms with E-state index in [2.05, 4.69) is 26.6 Å². The molecule has 3 aliphatic rings. The number of benzene rings is 4. The predicted molar refractivity (Wildman–Crippen MR) is 196 cm³/mol. The monoisotopic (exact) mass is 820 g/mol. The number of Topliss-reactive ketones (excluding diaryl/α,β-unsaturated/α-hetero) is 1. The zero-order valence-corrected chi connectivity index (χ0v) is 31.1. The van der Waals surface area contributed by atoms with Gasteiger partial charge in [0.2, 0.25) is 0 Å². The molecule has 0 saturated carbocycles. The first-order valence-corrected chi connectivity index (χ1v) is 17.0. The van der Waals surface area contributed by atoms with Crippen LogP contribution in [-0.2, 0) is 5.72 Å². The number of thioether (sulfide) groups is 2. The van der Waals surface area contributed by atoms with E-state index in [1.165, 1.54) is 0 Å². The number of amidine groups is 2. The number of para-hydroxylation sites is 2. The van der Waals surface area contributed by atoms with E-state index in [9.17, 15) is 9.90 Å². The van der Waals surface area contributed by atoms with Crippen LogP contribution in [0, 0.1) is 0 Å². The van der Waals surface area contributed by atoms with Gasteiger partial charge in [0.25, 0.3) is 5.72 Å². The number of carbonyl (C=O) groups excluding carboxylic acids is 1. The molecule has 6 nitrogen and oxygen atoms in total. The van der Waals surface area contributed by atoms with E-state index >= 15 is 0 Å². The first-order chi connectivity index (χ1) is 21.4. The molecule has 4 aromatic rings. The smallest absolute Gasteiger partial charge is 0.316 e. The predicted octanol–water partition coefficient (Wildman–Crippen LogP) is 4.83. The molecule has 0 bridgehead atoms. The number of β-amino-alcohol motifs (C(OH)–C–C–N with tert-alkyl or cyclic N) is 1. The fraction of sp³-hybridized carbons (Fsp3) is 0.206. The van der Waals surface area contributed by atoms with Gasteiger partial charge in [0.05, 0.1) is 19.6 Å². The summed E-state index contributed by atoms with van der Waals surface area (Å²) >= 11 is 15.3. The van der Waals surface area contributed by atoms with Crippen molar-refractivity contribution < 1.29 is 31.5 Å². The minimum absolute atomic E-state index is 0. The first kappa shape index (κ1) is 36.5. The third kappa shape index (κ3) is 8.21. The Balaban J connectivity index is 0.000000200. The minimum Gasteiger partial charge on any atom is -1.00 e. The quantitative estimate of drug-likeness (QED) is 0.222. The van der Waals surface area contributed by atoms with Gasteiger partial charge < -0.3 is 27.0 Å². The van der Waals surface area contributed by atoms with Gasteiger partial charge in [-0.05, 0) is 72.4 Å². The number of aliphatic hydroxyl groups is 1. The third-order valence-corrected chi connectivity index (χ3v) is 10.1. The fourth-order valence-corrected chi connectivity index (χ4v) is 7.66. The molecule has 0 amide bonds. The van der Waals surface area contributed by atoms with Crippen LogP contribution >= 0.6 is 63.7 Å². The van der Waals surface area contributed by atoms with Crippen LogP contribution in [0.5, 0.6) is 0 Å². The lowest BCUT2D eigenvalue weighted by Gasteiger charge is -2.23. The van der Waals surface area contributed by atoms with E-state index in [1.807, 2.05) is 77.7 Å². The van der Waals surface area contributed by atoms with E-state index < -0.39 is 5.72 Å². The van der Waals surface area contributed by atoms with E-state index in [0.29, 0.717) is 22.2 Å². The van der Waals surface area contributed by atoms with Crippen LogP contribution in [-0.4, -0.2) is 63.5 Å². The molecule has 0 aromatic heterocycles. The molecule has 1 unspecified atom stereocenters. The number of halogens is 4. The lowest BCUT2D eigenvalue weighted by atomic mass is 10.0. The lowest BCUT2D eigenvalue weighted by Crippen LogP contribution is -3.00. The van der Waals surface area contributed by atoms with Gasteiger partial charge in [-0.1, -0.05) is 83.5 Å². The first-order valence-electron chi connectivity index (χ1n) is 14.3. The molecule has 240 valence electrons. The molecular formula is C34H32Br2Cl2N4O2S2. The van der Waals surface area contributed by atoms with Crippen molar-refractivity contribution in [3.05, 3.63) is 130 Å². The molecule has 0 saturated heterocycles. The Hall–Kier alpha value is -2.31. The van der Waals surface area contributed by atoms with E-state index in [1.54, 1.807) is 47.8 Å². The Morgan fingerprint density at radius 1 is 0.870 bits per heavy atom. The van der Waals surface area contributed by atoms with Gasteiger partial charge in [-0.2, -0.15) is 0 Å². The molecule has 1 atom stereocenters. The Labute approximate surface area is 309 Å². The van der Waals surface area contributed by atoms with Crippen LogP contribution in [0.2, 0.25) is 10.0 Å². The highest BCUT2D eigenvalue weighted by atomic mass is 79.9. The Kier molecular flexibility index (Phi) is 13.2. The van der Waals surface area contributed by atoms with Crippen molar-refractivity contribution in [3.63, 3.8) is 0 Å². The molecule has 4 aromatic carbocycles. The van der Waals surface area contributed by atoms with Gasteiger partial charge in [-0.3, -0.25) is 9.79 Å². The molecule has 0 radical (unpaired) electrons. The number of nitrogens with zero attached hydrogens (tertiary/aromatic N) is 4. The molecule has 3 heterocycles. The van der Waals surface area contributed by atoms with Gasteiger partial charge in [-0.15, -0.1) is 17.0 Å². The van der Waals surface area contributed by atoms with Crippen molar-refractivity contribution in [1.29, 1.82) is 0 Å². The number of rotatable bonds is 6. The summed E-state index contributed by atoms with van der Waals surface area (Å²) < 4.78 is 2.11. The number of aliphatic imine (C=N–C) groups is 1. The van der Waals surface area contributed by atoms with Crippen molar-refractivity contribution in [2.45, 2.75) is 5.72 Å². The number of hydrogen-bond donors (Lipinski definition) is 1. The van der Waals surface area contributed by atoms with E-state index in [4.69, 9.17) is 23.2 Å². The molecule has 0 aliphatic carbocycles. The average molecular weight is 824 g/mol. The summed E-state index contributed by atoms with van der Waals surface area (Å²) in [4.78, 5) is 21.2. The van der Waals surface area contributed by atoms with Gasteiger partial charge in [0.1, 0.15) is 5.69 Å². The zero-order valence-electron chi connectivity index (χ0n) is 24.6. The van der Waals surface area contributed by atoms with Crippen molar-refractivity contribution in [3.8, 4) is 0 Å². The van der Waals surface area contributed by atoms with Gasteiger partial charge in [0, 0.05) is 38.4 Å². The number of ketones is 1. The molecule has 1 N–H and O–H groups in total. The summed E-state index contributed by atoms with van der Waals surface area (Å²) in [5.41, 5.74) is 2.64. The van der Waals surface area contributed by atoms with Crippen LogP contribution in [0.4, 0.5) is 11.4 Å². The van der Waals surface area contributed by atoms with Crippen LogP contribution in [0.1, 0.15) is 15.9 Å². The molecule has 12 heteroatoms. The zero-order chi connectivity index (χ0) is 30.5. The maximum absolute atomic E-state index is 12.5. The Bertz CT molecular complexity index is 1680. The van der Waals surface area contributed by atoms with Crippen LogP contribution in [0.15, 0.2) is 114 Å². The van der Waals surface area contributed by atoms with Crippen molar-refractivity contribution in [2.24, 2.45) is 4.99 Å². The topological polar surface area (TPSA) is 59.2 Å². The Morgan fingerprint density at radius 2 is 1.48 bits per heavy atom. The van der Waals surface area contributed by atoms with E-state index in [0.717, 1.165) is 51.9 Å². The van der Waals surface area contributed by atoms with Crippen LogP contribution in [0.25, 0.3) is 0 Å². The second-order valence-corrected chi connectivity index (χ2v) is 13.4. The largest absolute Gasteiger partial charge is 1.00 e. The second kappa shape index (κ2) is 16.7. The summed E-state index contributed by atoms with van der Waals surface area (Å²) in [6, 6.07) is 34.6. The summed E-state index contributed by atoms with van der Waals surface area (Å²) in [6.07, 6.45) is 0. The summed E-state index contributed by atoms with van der Waals surface area (Å²) in [7, 11) is 0. The highest BCUT2D eigenvalue weighted by Gasteiger charge is 2.54. The second-order valence-electron chi connectivity index (χ2n) is 10.4. The average Bonchev–Trinajstić information content (AvgIpc) is 3.82. The van der Waals surface area contributed by atoms with Crippen molar-refractivity contribution in [1.82, 2.24) is 0 Å². The maximum Gasteiger partial charge on any atom is 0.316 e. The molecular weight excluding hydrogens is 791 g/mol. The lowest BCUT2D eigenvalue weighted by molar-refractivity contribution is -0.650. The molecule has 46 heavy (non-hydrogen) atoms. The van der Waals surface area contributed by atoms with Crippen molar-refractivity contribution in [2.75, 3.05) is 47.5 Å². The molecule has 0 fully saturated rings. The highest BCUT2D eigenvalue weighted by molar-refractivity contribution is 8.93. The van der Waals surface area contributed by atoms with Crippen LogP contribution in [0.3, 0.4) is 0 Å². The standard InChI is InChI=1S/C17H16ClN2OS.C17H15ClN2OS.2BrH/c18-14-8-6-13(7-9-14)17(21)12-19(15-4-2-1-3-5-15)16-20(17)10-11-22-16;18-14-8-6-13(7-9-14)16(21)12-20(17-19-10-11-22-17)15-4-2-1-3-5-15;;/h1-9,21H,10-12H2;1-9H,10-12H2;2*1H/q+1;;;/p-1. The Morgan fingerprint density at radius 3 is 2.09 bits per heavy atom. The van der Waals surface area contributed by atoms with Gasteiger partial charge >= 0.3 is 5.17 Å². The summed E-state index contributed by atoms with van der Waals surface area (Å²) in [5.74, 6) is 2.01. The molecule has 3 aliphatic heterocycles. The summed E-state index contributed by atoms with van der Waals surface area (Å²) in [6.45, 7) is 2.46. The molecule has 7 rings (SSSR count). The number of carbonyl (C=O) groups is 1. The normalized spacial score (nSPS) is 18.1. The fourth-order valence-electron chi connectivity index (χ4n) is 5.35. The maximum atomic E-state index is 12.5. The van der Waals surface area contributed by atoms with Gasteiger partial charge in [0.15, 0.2) is 17.5 Å². The number of hydrogen-bond acceptors (Lipinski definition) is 7. The van der Waals surface area contributed by atoms with E-state index in [-0.39, 0.29) is 46.3 Å². The third-order valence-electron chi connectivity index (χ3n) is 7.54. The number of anilines is 2. The van der Waals surface area contributed by atoms with Crippen molar-refractivity contribution >= 4 is 91.2 Å².